The Morgan fingerprint density at radius 2 is 1.86 bits per heavy atom. The molecule has 1 aliphatic heterocycles. The zero-order chi connectivity index (χ0) is 19.3. The molecule has 0 amide bonds. The Kier molecular flexibility index (Phi) is 5.78. The Labute approximate surface area is 170 Å². The largest absolute Gasteiger partial charge is 0.497 e. The van der Waals surface area contributed by atoms with Crippen LogP contribution in [0.3, 0.4) is 0 Å². The van der Waals surface area contributed by atoms with E-state index in [-0.39, 0.29) is 0 Å². The number of nitrogens with one attached hydrogen (secondary N) is 1. The molecule has 1 aliphatic rings. The maximum absolute atomic E-state index is 5.35. The zero-order valence-corrected chi connectivity index (χ0v) is 17.2. The third-order valence-electron chi connectivity index (χ3n) is 5.03. The third-order valence-corrected chi connectivity index (χ3v) is 5.84. The van der Waals surface area contributed by atoms with Crippen molar-refractivity contribution < 1.29 is 4.74 Å². The number of aryl methyl sites for hydroxylation is 1. The second-order valence-corrected chi connectivity index (χ2v) is 7.96. The molecule has 6 heteroatoms. The topological polar surface area (TPSA) is 40.6 Å². The van der Waals surface area contributed by atoms with Gasteiger partial charge < -0.3 is 15.0 Å². The number of methoxy groups -OCH3 is 1. The Balaban J connectivity index is 1.30. The van der Waals surface area contributed by atoms with Crippen LogP contribution < -0.4 is 15.0 Å². The highest BCUT2D eigenvalue weighted by molar-refractivity contribution is 7.13. The molecule has 0 saturated carbocycles. The van der Waals surface area contributed by atoms with Gasteiger partial charge in [0.25, 0.3) is 0 Å². The van der Waals surface area contributed by atoms with E-state index in [1.807, 2.05) is 6.07 Å². The lowest BCUT2D eigenvalue weighted by Crippen LogP contribution is -2.46. The highest BCUT2D eigenvalue weighted by Crippen LogP contribution is 2.24. The average Bonchev–Trinajstić information content (AvgIpc) is 3.17. The average molecular weight is 395 g/mol. The van der Waals surface area contributed by atoms with Crippen LogP contribution >= 0.6 is 11.3 Å². The second-order valence-electron chi connectivity index (χ2n) is 7.10. The van der Waals surface area contributed by atoms with Gasteiger partial charge in [-0.2, -0.15) is 0 Å². The first-order valence-corrected chi connectivity index (χ1v) is 10.5. The fourth-order valence-corrected chi connectivity index (χ4v) is 4.12. The van der Waals surface area contributed by atoms with Gasteiger partial charge in [-0.15, -0.1) is 11.3 Å². The standard InChI is InChI=1S/C22H26N4OS/c1-17-6-8-18(9-7-17)23-22-24-19(16-28-22)15-25-10-12-26(13-11-25)20-4-3-5-21(14-20)27-2/h3-9,14,16H,10-13,15H2,1-2H3,(H,23,24). The van der Waals surface area contributed by atoms with E-state index < -0.39 is 0 Å². The van der Waals surface area contributed by atoms with E-state index in [1.165, 1.54) is 11.3 Å². The van der Waals surface area contributed by atoms with Gasteiger partial charge in [0.2, 0.25) is 0 Å². The van der Waals surface area contributed by atoms with Gasteiger partial charge in [0.05, 0.1) is 12.8 Å². The van der Waals surface area contributed by atoms with Gasteiger partial charge in [0.1, 0.15) is 5.75 Å². The molecule has 0 atom stereocenters. The number of thiazole rings is 1. The normalized spacial score (nSPS) is 14.9. The molecule has 1 aromatic heterocycles. The van der Waals surface area contributed by atoms with Crippen LogP contribution in [0.4, 0.5) is 16.5 Å². The maximum Gasteiger partial charge on any atom is 0.187 e. The van der Waals surface area contributed by atoms with Crippen LogP contribution in [0.25, 0.3) is 0 Å². The minimum absolute atomic E-state index is 0.901. The number of aromatic nitrogens is 1. The van der Waals surface area contributed by atoms with Crippen molar-refractivity contribution in [3.63, 3.8) is 0 Å². The Morgan fingerprint density at radius 3 is 2.61 bits per heavy atom. The summed E-state index contributed by atoms with van der Waals surface area (Å²) in [6.07, 6.45) is 0. The summed E-state index contributed by atoms with van der Waals surface area (Å²) in [6.45, 7) is 7.11. The van der Waals surface area contributed by atoms with Crippen molar-refractivity contribution in [2.45, 2.75) is 13.5 Å². The molecular weight excluding hydrogens is 368 g/mol. The predicted octanol–water partition coefficient (Wildman–Crippen LogP) is 4.53. The number of anilines is 3. The highest BCUT2D eigenvalue weighted by atomic mass is 32.1. The number of ether oxygens (including phenoxy) is 1. The fourth-order valence-electron chi connectivity index (χ4n) is 3.40. The lowest BCUT2D eigenvalue weighted by Gasteiger charge is -2.35. The molecule has 3 aromatic rings. The molecule has 5 nitrogen and oxygen atoms in total. The van der Waals surface area contributed by atoms with Gasteiger partial charge in [0, 0.05) is 55.5 Å². The molecule has 1 N–H and O–H groups in total. The van der Waals surface area contributed by atoms with E-state index in [4.69, 9.17) is 9.72 Å². The molecule has 2 aromatic carbocycles. The molecule has 2 heterocycles. The molecule has 146 valence electrons. The first kappa shape index (κ1) is 18.8. The fraction of sp³-hybridized carbons (Fsp3) is 0.318. The monoisotopic (exact) mass is 394 g/mol. The summed E-state index contributed by atoms with van der Waals surface area (Å²) in [5.41, 5.74) is 4.71. The van der Waals surface area contributed by atoms with Crippen molar-refractivity contribution in [1.82, 2.24) is 9.88 Å². The van der Waals surface area contributed by atoms with Crippen LogP contribution in [0.1, 0.15) is 11.3 Å². The summed E-state index contributed by atoms with van der Waals surface area (Å²) < 4.78 is 5.35. The first-order chi connectivity index (χ1) is 13.7. The highest BCUT2D eigenvalue weighted by Gasteiger charge is 2.18. The van der Waals surface area contributed by atoms with E-state index in [9.17, 15) is 0 Å². The van der Waals surface area contributed by atoms with Crippen LogP contribution in [0.2, 0.25) is 0 Å². The summed E-state index contributed by atoms with van der Waals surface area (Å²) in [6, 6.07) is 16.7. The van der Waals surface area contributed by atoms with Crippen molar-refractivity contribution in [2.75, 3.05) is 43.5 Å². The van der Waals surface area contributed by atoms with Gasteiger partial charge >= 0.3 is 0 Å². The Bertz CT molecular complexity index is 901. The molecule has 0 bridgehead atoms. The number of piperazine rings is 1. The van der Waals surface area contributed by atoms with Gasteiger partial charge in [-0.25, -0.2) is 4.98 Å². The van der Waals surface area contributed by atoms with Crippen LogP contribution in [0, 0.1) is 6.92 Å². The molecule has 28 heavy (non-hydrogen) atoms. The molecular formula is C22H26N4OS. The predicted molar refractivity (Wildman–Crippen MR) is 117 cm³/mol. The lowest BCUT2D eigenvalue weighted by molar-refractivity contribution is 0.247. The molecule has 0 spiro atoms. The summed E-state index contributed by atoms with van der Waals surface area (Å²) in [5.74, 6) is 0.913. The maximum atomic E-state index is 5.35. The van der Waals surface area contributed by atoms with Crippen molar-refractivity contribution in [2.24, 2.45) is 0 Å². The van der Waals surface area contributed by atoms with E-state index in [1.54, 1.807) is 18.4 Å². The number of rotatable bonds is 6. The number of nitrogens with zero attached hydrogens (tertiary/aromatic N) is 3. The summed E-state index contributed by atoms with van der Waals surface area (Å²) in [4.78, 5) is 9.65. The van der Waals surface area contributed by atoms with Crippen molar-refractivity contribution in [3.8, 4) is 5.75 Å². The molecule has 0 aliphatic carbocycles. The number of hydrogen-bond donors (Lipinski definition) is 1. The molecule has 1 fully saturated rings. The third kappa shape index (κ3) is 4.64. The molecule has 0 radical (unpaired) electrons. The summed E-state index contributed by atoms with van der Waals surface area (Å²) in [7, 11) is 1.72. The SMILES string of the molecule is COc1cccc(N2CCN(Cc3csc(Nc4ccc(C)cc4)n3)CC2)c1. The molecule has 4 rings (SSSR count). The lowest BCUT2D eigenvalue weighted by atomic mass is 10.2. The Hall–Kier alpha value is -2.57. The van der Waals surface area contributed by atoms with E-state index in [0.717, 1.165) is 55.0 Å². The van der Waals surface area contributed by atoms with E-state index in [0.29, 0.717) is 0 Å². The van der Waals surface area contributed by atoms with Crippen molar-refractivity contribution in [3.05, 3.63) is 65.2 Å². The van der Waals surface area contributed by atoms with Crippen molar-refractivity contribution in [1.29, 1.82) is 0 Å². The van der Waals surface area contributed by atoms with Crippen molar-refractivity contribution >= 4 is 27.8 Å². The van der Waals surface area contributed by atoms with Crippen LogP contribution in [-0.2, 0) is 6.54 Å². The van der Waals surface area contributed by atoms with E-state index in [2.05, 4.69) is 69.9 Å². The van der Waals surface area contributed by atoms with Crippen LogP contribution in [0.15, 0.2) is 53.9 Å². The van der Waals surface area contributed by atoms with E-state index >= 15 is 0 Å². The van der Waals surface area contributed by atoms with Gasteiger partial charge in [0.15, 0.2) is 5.13 Å². The smallest absolute Gasteiger partial charge is 0.187 e. The van der Waals surface area contributed by atoms with Gasteiger partial charge in [-0.3, -0.25) is 4.90 Å². The second kappa shape index (κ2) is 8.63. The minimum atomic E-state index is 0.901. The van der Waals surface area contributed by atoms with Crippen LogP contribution in [-0.4, -0.2) is 43.2 Å². The number of hydrogen-bond acceptors (Lipinski definition) is 6. The Morgan fingerprint density at radius 1 is 1.07 bits per heavy atom. The van der Waals surface area contributed by atoms with Gasteiger partial charge in [-0.05, 0) is 31.2 Å². The summed E-state index contributed by atoms with van der Waals surface area (Å²) in [5, 5.41) is 6.51. The summed E-state index contributed by atoms with van der Waals surface area (Å²) >= 11 is 1.67. The number of benzene rings is 2. The van der Waals surface area contributed by atoms with Crippen LogP contribution in [0.5, 0.6) is 5.75 Å². The minimum Gasteiger partial charge on any atom is -0.497 e. The van der Waals surface area contributed by atoms with Gasteiger partial charge in [-0.1, -0.05) is 23.8 Å². The quantitative estimate of drug-likeness (QED) is 0.665. The molecule has 1 saturated heterocycles. The first-order valence-electron chi connectivity index (χ1n) is 9.59. The zero-order valence-electron chi connectivity index (χ0n) is 16.4. The molecule has 0 unspecified atom stereocenters.